The summed E-state index contributed by atoms with van der Waals surface area (Å²) in [5.74, 6) is -0.132. The van der Waals surface area contributed by atoms with Crippen LogP contribution < -0.4 is 27.1 Å². The third kappa shape index (κ3) is 6.25. The lowest BCUT2D eigenvalue weighted by Gasteiger charge is -2.28. The van der Waals surface area contributed by atoms with Gasteiger partial charge in [-0.25, -0.2) is 0 Å². The van der Waals surface area contributed by atoms with E-state index in [1.807, 2.05) is 30.3 Å². The quantitative estimate of drug-likeness (QED) is 0.334. The first-order chi connectivity index (χ1) is 18.5. The van der Waals surface area contributed by atoms with Crippen LogP contribution in [0.5, 0.6) is 0 Å². The van der Waals surface area contributed by atoms with Crippen LogP contribution in [0.1, 0.15) is 39.0 Å². The van der Waals surface area contributed by atoms with Crippen molar-refractivity contribution in [3.8, 4) is 0 Å². The molecule has 1 amide bonds. The van der Waals surface area contributed by atoms with E-state index in [2.05, 4.69) is 44.5 Å². The number of amides is 1. The molecule has 0 saturated heterocycles. The van der Waals surface area contributed by atoms with E-state index < -0.39 is 5.56 Å². The number of hydrogen-bond acceptors (Lipinski definition) is 4. The molecule has 1 aromatic heterocycles. The minimum absolute atomic E-state index is 0.132. The number of aromatic nitrogens is 2. The maximum atomic E-state index is 12.6. The van der Waals surface area contributed by atoms with Gasteiger partial charge in [-0.2, -0.15) is 0 Å². The van der Waals surface area contributed by atoms with Crippen molar-refractivity contribution >= 4 is 18.1 Å². The van der Waals surface area contributed by atoms with Crippen molar-refractivity contribution in [1.29, 1.82) is 0 Å². The highest BCUT2D eigenvalue weighted by Crippen LogP contribution is 2.18. The summed E-state index contributed by atoms with van der Waals surface area (Å²) in [7, 11) is 0. The first-order valence-electron chi connectivity index (χ1n) is 12.8. The number of fused-ring (bicyclic) bond motifs is 1. The lowest BCUT2D eigenvalue weighted by molar-refractivity contribution is 0.0951. The van der Waals surface area contributed by atoms with E-state index in [-0.39, 0.29) is 22.2 Å². The van der Waals surface area contributed by atoms with Crippen molar-refractivity contribution < 1.29 is 4.79 Å². The Balaban J connectivity index is 1.17. The smallest absolute Gasteiger partial charge is 0.272 e. The van der Waals surface area contributed by atoms with Gasteiger partial charge >= 0.3 is 0 Å². The Morgan fingerprint density at radius 1 is 0.789 bits per heavy atom. The second-order valence-corrected chi connectivity index (χ2v) is 9.46. The van der Waals surface area contributed by atoms with E-state index in [1.54, 1.807) is 36.4 Å². The molecule has 1 aliphatic heterocycles. The van der Waals surface area contributed by atoms with Crippen LogP contribution in [-0.4, -0.2) is 40.4 Å². The molecule has 7 nitrogen and oxygen atoms in total. The zero-order valence-corrected chi connectivity index (χ0v) is 21.1. The Hall–Kier alpha value is -4.49. The van der Waals surface area contributed by atoms with Crippen molar-refractivity contribution in [3.05, 3.63) is 138 Å². The Bertz CT molecular complexity index is 1650. The Labute approximate surface area is 220 Å². The maximum absolute atomic E-state index is 12.6. The topological polar surface area (TPSA) is 98.1 Å². The zero-order chi connectivity index (χ0) is 26.3. The minimum Gasteiger partial charge on any atom is -0.352 e. The molecule has 3 N–H and O–H groups in total. The normalized spacial score (nSPS) is 14.3. The number of nitrogens with one attached hydrogen (secondary N) is 3. The van der Waals surface area contributed by atoms with Crippen molar-refractivity contribution in [1.82, 2.24) is 20.2 Å². The first kappa shape index (κ1) is 25.2. The molecule has 2 heterocycles. The predicted octanol–water partition coefficient (Wildman–Crippen LogP) is 1.90. The summed E-state index contributed by atoms with van der Waals surface area (Å²) in [5, 5.41) is 3.33. The van der Waals surface area contributed by atoms with Gasteiger partial charge < -0.3 is 15.3 Å². The molecule has 0 aliphatic carbocycles. The van der Waals surface area contributed by atoms with Gasteiger partial charge in [0.1, 0.15) is 10.7 Å². The second kappa shape index (κ2) is 11.7. The van der Waals surface area contributed by atoms with Gasteiger partial charge in [-0.1, -0.05) is 66.7 Å². The molecule has 0 saturated carbocycles. The molecule has 0 bridgehead atoms. The van der Waals surface area contributed by atoms with Crippen molar-refractivity contribution in [2.75, 3.05) is 19.6 Å². The fraction of sp³-hybridized carbons (Fsp3) is 0.194. The van der Waals surface area contributed by atoms with Gasteiger partial charge in [0, 0.05) is 31.7 Å². The van der Waals surface area contributed by atoms with E-state index in [4.69, 9.17) is 0 Å². The molecule has 7 heteroatoms. The van der Waals surface area contributed by atoms with E-state index in [1.165, 1.54) is 11.1 Å². The SMILES string of the molecule is O=C(NCCCN1CCc2ccccc2C1)c1ccc(C=c2[nH]c(=O)c(=Cc3ccccc3)[nH]c2=O)cc1. The van der Waals surface area contributed by atoms with E-state index in [0.717, 1.165) is 38.0 Å². The molecule has 0 atom stereocenters. The van der Waals surface area contributed by atoms with Gasteiger partial charge in [-0.05, 0) is 59.4 Å². The fourth-order valence-electron chi connectivity index (χ4n) is 4.66. The van der Waals surface area contributed by atoms with Crippen LogP contribution in [-0.2, 0) is 13.0 Å². The Morgan fingerprint density at radius 2 is 1.39 bits per heavy atom. The Morgan fingerprint density at radius 3 is 2.08 bits per heavy atom. The lowest BCUT2D eigenvalue weighted by atomic mass is 10.00. The maximum Gasteiger partial charge on any atom is 0.272 e. The summed E-state index contributed by atoms with van der Waals surface area (Å²) in [4.78, 5) is 45.3. The van der Waals surface area contributed by atoms with Gasteiger partial charge in [0.15, 0.2) is 0 Å². The third-order valence-corrected chi connectivity index (χ3v) is 6.73. The molecule has 4 aromatic rings. The van der Waals surface area contributed by atoms with E-state index in [9.17, 15) is 14.4 Å². The van der Waals surface area contributed by atoms with Crippen molar-refractivity contribution in [2.24, 2.45) is 0 Å². The fourth-order valence-corrected chi connectivity index (χ4v) is 4.66. The number of rotatable bonds is 7. The van der Waals surface area contributed by atoms with Crippen LogP contribution in [0, 0.1) is 0 Å². The van der Waals surface area contributed by atoms with Crippen LogP contribution in [0.4, 0.5) is 0 Å². The summed E-state index contributed by atoms with van der Waals surface area (Å²) in [5.41, 5.74) is 4.11. The average Bonchev–Trinajstić information content (AvgIpc) is 2.94. The van der Waals surface area contributed by atoms with Crippen LogP contribution in [0.2, 0.25) is 0 Å². The van der Waals surface area contributed by atoms with Crippen LogP contribution in [0.15, 0.2) is 88.5 Å². The molecule has 38 heavy (non-hydrogen) atoms. The third-order valence-electron chi connectivity index (χ3n) is 6.73. The van der Waals surface area contributed by atoms with Gasteiger partial charge in [0.2, 0.25) is 0 Å². The van der Waals surface area contributed by atoms with Gasteiger partial charge in [0.25, 0.3) is 17.0 Å². The van der Waals surface area contributed by atoms with Gasteiger partial charge in [-0.3, -0.25) is 19.3 Å². The zero-order valence-electron chi connectivity index (χ0n) is 21.1. The summed E-state index contributed by atoms with van der Waals surface area (Å²) in [6.07, 6.45) is 5.17. The second-order valence-electron chi connectivity index (χ2n) is 9.46. The molecule has 192 valence electrons. The van der Waals surface area contributed by atoms with Gasteiger partial charge in [-0.15, -0.1) is 0 Å². The average molecular weight is 507 g/mol. The summed E-state index contributed by atoms with van der Waals surface area (Å²) in [6.45, 7) is 3.56. The molecule has 3 aromatic carbocycles. The number of carbonyl (C=O) groups excluding carboxylic acids is 1. The standard InChI is InChI=1S/C31H30N4O3/c36-29(32-16-6-17-35-18-15-24-9-4-5-10-26(24)21-35)25-13-11-23(12-14-25)20-28-31(38)33-27(30(37)34-28)19-22-7-2-1-3-8-22/h1-5,7-14,19-20H,6,15-18,21H2,(H,32,36)(H,33,38)(H,34,37). The number of nitrogens with zero attached hydrogens (tertiary/aromatic N) is 1. The molecular weight excluding hydrogens is 476 g/mol. The summed E-state index contributed by atoms with van der Waals surface area (Å²) < 4.78 is 0. The van der Waals surface area contributed by atoms with Gasteiger partial charge in [0.05, 0.1) is 0 Å². The summed E-state index contributed by atoms with van der Waals surface area (Å²) in [6, 6.07) is 24.8. The first-order valence-corrected chi connectivity index (χ1v) is 12.8. The molecule has 0 spiro atoms. The molecular formula is C31H30N4O3. The number of carbonyl (C=O) groups is 1. The summed E-state index contributed by atoms with van der Waals surface area (Å²) >= 11 is 0. The molecule has 0 radical (unpaired) electrons. The minimum atomic E-state index is -0.397. The molecule has 0 unspecified atom stereocenters. The van der Waals surface area contributed by atoms with E-state index >= 15 is 0 Å². The highest BCUT2D eigenvalue weighted by Gasteiger charge is 2.15. The lowest BCUT2D eigenvalue weighted by Crippen LogP contribution is -2.46. The van der Waals surface area contributed by atoms with E-state index in [0.29, 0.717) is 17.7 Å². The monoisotopic (exact) mass is 506 g/mol. The molecule has 0 fully saturated rings. The largest absolute Gasteiger partial charge is 0.352 e. The number of aromatic amines is 2. The highest BCUT2D eigenvalue weighted by molar-refractivity contribution is 5.94. The molecule has 1 aliphatic rings. The predicted molar refractivity (Wildman–Crippen MR) is 149 cm³/mol. The van der Waals surface area contributed by atoms with Crippen LogP contribution in [0.25, 0.3) is 12.2 Å². The number of H-pyrrole nitrogens is 2. The van der Waals surface area contributed by atoms with Crippen LogP contribution >= 0.6 is 0 Å². The Kier molecular flexibility index (Phi) is 7.75. The van der Waals surface area contributed by atoms with Crippen molar-refractivity contribution in [3.63, 3.8) is 0 Å². The number of benzene rings is 3. The number of hydrogen-bond donors (Lipinski definition) is 3. The molecule has 5 rings (SSSR count). The van der Waals surface area contributed by atoms with Crippen molar-refractivity contribution in [2.45, 2.75) is 19.4 Å². The van der Waals surface area contributed by atoms with Crippen LogP contribution in [0.3, 0.4) is 0 Å². The highest BCUT2D eigenvalue weighted by atomic mass is 16.2.